The first kappa shape index (κ1) is 30.5. The lowest BCUT2D eigenvalue weighted by molar-refractivity contribution is 0.242. The molecule has 1 rings (SSSR count). The molecule has 1 aromatic rings. The fraction of sp³-hybridized carbons (Fsp3) is 0.800. The summed E-state index contributed by atoms with van der Waals surface area (Å²) in [6, 6.07) is 0. The van der Waals surface area contributed by atoms with Crippen molar-refractivity contribution in [2.45, 2.75) is 143 Å². The van der Waals surface area contributed by atoms with Crippen molar-refractivity contribution in [3.8, 4) is 23.0 Å². The van der Waals surface area contributed by atoms with Crippen LogP contribution in [0.15, 0.2) is 0 Å². The van der Waals surface area contributed by atoms with Gasteiger partial charge < -0.3 is 19.7 Å². The van der Waals surface area contributed by atoms with Crippen molar-refractivity contribution in [2.24, 2.45) is 0 Å². The summed E-state index contributed by atoms with van der Waals surface area (Å²) >= 11 is 0. The second kappa shape index (κ2) is 19.7. The van der Waals surface area contributed by atoms with Gasteiger partial charge in [0.1, 0.15) is 0 Å². The molecule has 0 radical (unpaired) electrons. The number of unbranched alkanes of at least 4 members (excludes halogenated alkanes) is 12. The number of rotatable bonds is 22. The fourth-order valence-corrected chi connectivity index (χ4v) is 4.56. The summed E-state index contributed by atoms with van der Waals surface area (Å²) in [7, 11) is 0. The lowest BCUT2D eigenvalue weighted by Crippen LogP contribution is -2.08. The maximum atomic E-state index is 10.8. The predicted octanol–water partition coefficient (Wildman–Crippen LogP) is 9.26. The molecule has 0 aromatic heterocycles. The molecule has 4 heteroatoms. The lowest BCUT2D eigenvalue weighted by Gasteiger charge is -2.22. The maximum absolute atomic E-state index is 10.8. The third-order valence-corrected chi connectivity index (χ3v) is 6.56. The molecule has 0 unspecified atom stereocenters. The van der Waals surface area contributed by atoms with E-state index in [1.54, 1.807) is 0 Å². The second-order valence-corrected chi connectivity index (χ2v) is 9.75. The van der Waals surface area contributed by atoms with Gasteiger partial charge in [0.25, 0.3) is 0 Å². The Bertz CT molecular complexity index is 641. The van der Waals surface area contributed by atoms with E-state index in [0.717, 1.165) is 62.5 Å². The fourth-order valence-electron chi connectivity index (χ4n) is 4.56. The highest BCUT2D eigenvalue weighted by Gasteiger charge is 2.25. The number of phenolic OH excluding ortho intramolecular Hbond substituents is 2. The molecule has 0 saturated heterocycles. The summed E-state index contributed by atoms with van der Waals surface area (Å²) in [6.45, 7) is 9.87. The molecular formula is C30H54O4. The van der Waals surface area contributed by atoms with Crippen molar-refractivity contribution in [1.29, 1.82) is 0 Å². The van der Waals surface area contributed by atoms with Crippen LogP contribution in [0.4, 0.5) is 0 Å². The average molecular weight is 479 g/mol. The molecule has 0 atom stereocenters. The molecule has 0 saturated carbocycles. The van der Waals surface area contributed by atoms with Crippen molar-refractivity contribution >= 4 is 0 Å². The van der Waals surface area contributed by atoms with E-state index in [9.17, 15) is 10.2 Å². The predicted molar refractivity (Wildman–Crippen MR) is 145 cm³/mol. The third-order valence-electron chi connectivity index (χ3n) is 6.56. The van der Waals surface area contributed by atoms with Crippen LogP contribution in [0.5, 0.6) is 23.0 Å². The Balaban J connectivity index is 2.83. The molecule has 0 aliphatic heterocycles. The van der Waals surface area contributed by atoms with Crippen molar-refractivity contribution in [2.75, 3.05) is 13.2 Å². The minimum atomic E-state index is -0.152. The summed E-state index contributed by atoms with van der Waals surface area (Å²) in [4.78, 5) is 0. The highest BCUT2D eigenvalue weighted by molar-refractivity contribution is 5.66. The summed E-state index contributed by atoms with van der Waals surface area (Å²) in [6.07, 6.45) is 20.5. The van der Waals surface area contributed by atoms with Crippen LogP contribution in [0.2, 0.25) is 0 Å². The van der Waals surface area contributed by atoms with Crippen LogP contribution in [-0.4, -0.2) is 23.4 Å². The van der Waals surface area contributed by atoms with Gasteiger partial charge in [-0.15, -0.1) is 0 Å². The quantitative estimate of drug-likeness (QED) is 0.129. The normalized spacial score (nSPS) is 11.2. The molecule has 34 heavy (non-hydrogen) atoms. The first-order valence-corrected chi connectivity index (χ1v) is 14.5. The van der Waals surface area contributed by atoms with Crippen LogP contribution >= 0.6 is 0 Å². The molecule has 0 amide bonds. The molecule has 4 nitrogen and oxygen atoms in total. The Hall–Kier alpha value is -1.58. The third kappa shape index (κ3) is 11.2. The molecule has 0 aliphatic rings. The van der Waals surface area contributed by atoms with Crippen LogP contribution in [-0.2, 0) is 12.8 Å². The van der Waals surface area contributed by atoms with Gasteiger partial charge in [0.15, 0.2) is 11.5 Å². The summed E-state index contributed by atoms with van der Waals surface area (Å²) < 4.78 is 12.4. The van der Waals surface area contributed by atoms with Crippen LogP contribution in [0.1, 0.15) is 142 Å². The Morgan fingerprint density at radius 2 is 0.853 bits per heavy atom. The molecular weight excluding hydrogens is 424 g/mol. The van der Waals surface area contributed by atoms with E-state index in [1.165, 1.54) is 64.2 Å². The van der Waals surface area contributed by atoms with E-state index in [1.807, 2.05) is 0 Å². The molecule has 0 heterocycles. The minimum absolute atomic E-state index is 0.0249. The summed E-state index contributed by atoms with van der Waals surface area (Å²) in [5, 5.41) is 21.6. The highest BCUT2D eigenvalue weighted by Crippen LogP contribution is 2.49. The van der Waals surface area contributed by atoms with Gasteiger partial charge in [-0.1, -0.05) is 118 Å². The van der Waals surface area contributed by atoms with E-state index in [2.05, 4.69) is 27.7 Å². The van der Waals surface area contributed by atoms with E-state index in [0.29, 0.717) is 24.7 Å². The van der Waals surface area contributed by atoms with Gasteiger partial charge in [0.2, 0.25) is 11.5 Å². The molecule has 1 aromatic carbocycles. The largest absolute Gasteiger partial charge is 0.504 e. The molecule has 0 bridgehead atoms. The summed E-state index contributed by atoms with van der Waals surface area (Å²) in [5.74, 6) is 0.827. The first-order chi connectivity index (χ1) is 16.6. The van der Waals surface area contributed by atoms with Crippen LogP contribution in [0, 0.1) is 0 Å². The number of aromatic hydroxyl groups is 2. The van der Waals surface area contributed by atoms with Crippen molar-refractivity contribution < 1.29 is 19.7 Å². The monoisotopic (exact) mass is 478 g/mol. The zero-order valence-corrected chi connectivity index (χ0v) is 22.9. The average Bonchev–Trinajstić information content (AvgIpc) is 2.84. The zero-order chi connectivity index (χ0) is 25.0. The number of benzene rings is 1. The highest BCUT2D eigenvalue weighted by atomic mass is 16.5. The Labute approximate surface area is 210 Å². The molecule has 0 aliphatic carbocycles. The molecule has 0 fully saturated rings. The standard InChI is InChI=1S/C30H54O4/c1-5-9-11-13-15-17-19-23-33-29-26(22-8-4)25(21-7-3)27(31)28(32)30(29)34-24-20-18-16-14-12-10-6-2/h31-32H,5-24H2,1-4H3. The smallest absolute Gasteiger partial charge is 0.207 e. The SMILES string of the molecule is CCCCCCCCCOc1c(O)c(O)c(CCC)c(CCC)c1OCCCCCCCCC. The van der Waals surface area contributed by atoms with Gasteiger partial charge >= 0.3 is 0 Å². The van der Waals surface area contributed by atoms with Gasteiger partial charge in [0, 0.05) is 11.1 Å². The number of hydrogen-bond acceptors (Lipinski definition) is 4. The Morgan fingerprint density at radius 1 is 0.441 bits per heavy atom. The Kier molecular flexibility index (Phi) is 17.6. The first-order valence-electron chi connectivity index (χ1n) is 14.5. The van der Waals surface area contributed by atoms with Gasteiger partial charge in [-0.25, -0.2) is 0 Å². The topological polar surface area (TPSA) is 58.9 Å². The van der Waals surface area contributed by atoms with Crippen LogP contribution < -0.4 is 9.47 Å². The van der Waals surface area contributed by atoms with Crippen LogP contribution in [0.25, 0.3) is 0 Å². The van der Waals surface area contributed by atoms with Gasteiger partial charge in [-0.3, -0.25) is 0 Å². The lowest BCUT2D eigenvalue weighted by atomic mass is 9.96. The van der Waals surface area contributed by atoms with Crippen molar-refractivity contribution in [3.05, 3.63) is 11.1 Å². The molecule has 2 N–H and O–H groups in total. The minimum Gasteiger partial charge on any atom is -0.504 e. The Morgan fingerprint density at radius 3 is 1.32 bits per heavy atom. The van der Waals surface area contributed by atoms with E-state index in [-0.39, 0.29) is 11.5 Å². The number of phenols is 2. The zero-order valence-electron chi connectivity index (χ0n) is 22.9. The number of ether oxygens (including phenoxy) is 2. The second-order valence-electron chi connectivity index (χ2n) is 9.75. The van der Waals surface area contributed by atoms with Crippen LogP contribution in [0.3, 0.4) is 0 Å². The van der Waals surface area contributed by atoms with Gasteiger partial charge in [0.05, 0.1) is 13.2 Å². The van der Waals surface area contributed by atoms with Crippen molar-refractivity contribution in [1.82, 2.24) is 0 Å². The maximum Gasteiger partial charge on any atom is 0.207 e. The van der Waals surface area contributed by atoms with Crippen molar-refractivity contribution in [3.63, 3.8) is 0 Å². The van der Waals surface area contributed by atoms with Gasteiger partial charge in [-0.2, -0.15) is 0 Å². The van der Waals surface area contributed by atoms with E-state index in [4.69, 9.17) is 9.47 Å². The number of hydrogen-bond donors (Lipinski definition) is 2. The van der Waals surface area contributed by atoms with E-state index < -0.39 is 0 Å². The van der Waals surface area contributed by atoms with E-state index >= 15 is 0 Å². The molecule has 0 spiro atoms. The molecule has 198 valence electrons. The van der Waals surface area contributed by atoms with Gasteiger partial charge in [-0.05, 0) is 25.7 Å². The summed E-state index contributed by atoms with van der Waals surface area (Å²) in [5.41, 5.74) is 1.83.